The average molecular weight is 387 g/mol. The lowest BCUT2D eigenvalue weighted by atomic mass is 10.0. The Labute approximate surface area is 157 Å². The smallest absolute Gasteiger partial charge is 0.394 e. The molecular weight excluding hydrogens is 369 g/mol. The zero-order chi connectivity index (χ0) is 17.1. The van der Waals surface area contributed by atoms with Gasteiger partial charge in [0, 0.05) is 18.3 Å². The molecule has 1 saturated heterocycles. The Hall–Kier alpha value is -2.25. The van der Waals surface area contributed by atoms with Gasteiger partial charge in [-0.2, -0.15) is 32.3 Å². The van der Waals surface area contributed by atoms with E-state index in [0.29, 0.717) is 6.42 Å². The highest BCUT2D eigenvalue weighted by atomic mass is 32.1. The van der Waals surface area contributed by atoms with Crippen LogP contribution in [0.1, 0.15) is 18.9 Å². The number of nitrogens with one attached hydrogen (secondary N) is 1. The van der Waals surface area contributed by atoms with E-state index in [2.05, 4.69) is 5.32 Å². The molecule has 136 valence electrons. The highest BCUT2D eigenvalue weighted by Crippen LogP contribution is 2.26. The average Bonchev–Trinajstić information content (AvgIpc) is 2.89. The van der Waals surface area contributed by atoms with E-state index < -0.39 is 35.6 Å². The monoisotopic (exact) mass is 387 g/mol. The van der Waals surface area contributed by atoms with Crippen LogP contribution in [-0.4, -0.2) is 40.4 Å². The number of carboxylic acid groups (broad SMARTS) is 1. The number of rotatable bonds is 2. The van der Waals surface area contributed by atoms with Crippen LogP contribution in [0.2, 0.25) is 0 Å². The predicted octanol–water partition coefficient (Wildman–Crippen LogP) is 1.18. The lowest BCUT2D eigenvalue weighted by Gasteiger charge is -2.22. The summed E-state index contributed by atoms with van der Waals surface area (Å²) >= 11 is 0. The molecule has 0 spiro atoms. The van der Waals surface area contributed by atoms with Crippen molar-refractivity contribution in [2.24, 2.45) is 5.92 Å². The summed E-state index contributed by atoms with van der Waals surface area (Å²) in [7, 11) is 0. The SMILES string of the molecule is C[C@H]1[C@@H](C(=O)Nc2ccc(F)c(C#N)c2)CCN1C(=O)C(=O)O.S.S. The van der Waals surface area contributed by atoms with Gasteiger partial charge in [-0.15, -0.1) is 0 Å². The fraction of sp³-hybridized carbons (Fsp3) is 0.333. The van der Waals surface area contributed by atoms with Gasteiger partial charge in [-0.05, 0) is 31.5 Å². The van der Waals surface area contributed by atoms with E-state index in [0.717, 1.165) is 11.0 Å². The summed E-state index contributed by atoms with van der Waals surface area (Å²) in [6.45, 7) is 1.78. The van der Waals surface area contributed by atoms with Gasteiger partial charge in [0.1, 0.15) is 11.9 Å². The van der Waals surface area contributed by atoms with Crippen molar-refractivity contribution in [1.29, 1.82) is 5.26 Å². The summed E-state index contributed by atoms with van der Waals surface area (Å²) in [6.07, 6.45) is 0.332. The number of benzene rings is 1. The van der Waals surface area contributed by atoms with Crippen LogP contribution in [-0.2, 0) is 14.4 Å². The highest BCUT2D eigenvalue weighted by molar-refractivity contribution is 7.59. The van der Waals surface area contributed by atoms with E-state index >= 15 is 0 Å². The van der Waals surface area contributed by atoms with Crippen LogP contribution in [0.5, 0.6) is 0 Å². The number of carbonyl (C=O) groups is 3. The summed E-state index contributed by atoms with van der Waals surface area (Å²) in [5, 5.41) is 20.1. The Kier molecular flexibility index (Phi) is 8.45. The quantitative estimate of drug-likeness (QED) is 0.741. The second-order valence-corrected chi connectivity index (χ2v) is 5.24. The zero-order valence-electron chi connectivity index (χ0n) is 13.2. The Balaban J connectivity index is 0.00000288. The minimum absolute atomic E-state index is 0. The molecule has 0 radical (unpaired) electrons. The molecule has 2 amide bonds. The number of anilines is 1. The molecule has 25 heavy (non-hydrogen) atoms. The number of carbonyl (C=O) groups excluding carboxylic acids is 2. The number of halogens is 1. The van der Waals surface area contributed by atoms with E-state index in [1.165, 1.54) is 12.1 Å². The van der Waals surface area contributed by atoms with Crippen LogP contribution in [0.4, 0.5) is 10.1 Å². The Morgan fingerprint density at radius 3 is 2.56 bits per heavy atom. The van der Waals surface area contributed by atoms with Crippen molar-refractivity contribution in [3.63, 3.8) is 0 Å². The third-order valence-electron chi connectivity index (χ3n) is 3.89. The van der Waals surface area contributed by atoms with E-state index in [1.807, 2.05) is 0 Å². The molecule has 2 N–H and O–H groups in total. The van der Waals surface area contributed by atoms with Gasteiger partial charge in [0.15, 0.2) is 0 Å². The molecule has 1 heterocycles. The second kappa shape index (κ2) is 9.29. The minimum atomic E-state index is -1.56. The number of likely N-dealkylation sites (tertiary alicyclic amines) is 1. The van der Waals surface area contributed by atoms with Gasteiger partial charge in [-0.25, -0.2) is 9.18 Å². The number of amides is 2. The van der Waals surface area contributed by atoms with E-state index in [1.54, 1.807) is 13.0 Å². The summed E-state index contributed by atoms with van der Waals surface area (Å²) in [6, 6.07) is 4.73. The third kappa shape index (κ3) is 4.87. The van der Waals surface area contributed by atoms with Crippen LogP contribution < -0.4 is 5.32 Å². The van der Waals surface area contributed by atoms with Gasteiger partial charge in [-0.1, -0.05) is 0 Å². The number of nitriles is 1. The van der Waals surface area contributed by atoms with E-state index in [9.17, 15) is 18.8 Å². The number of hydrogen-bond donors (Lipinski definition) is 2. The van der Waals surface area contributed by atoms with Gasteiger partial charge in [0.25, 0.3) is 0 Å². The van der Waals surface area contributed by atoms with Crippen molar-refractivity contribution in [2.45, 2.75) is 19.4 Å². The summed E-state index contributed by atoms with van der Waals surface area (Å²) in [5.74, 6) is -4.27. The Bertz CT molecular complexity index is 723. The Morgan fingerprint density at radius 1 is 1.36 bits per heavy atom. The van der Waals surface area contributed by atoms with Crippen LogP contribution in [0.3, 0.4) is 0 Å². The molecule has 0 saturated carbocycles. The molecule has 0 unspecified atom stereocenters. The summed E-state index contributed by atoms with van der Waals surface area (Å²) in [4.78, 5) is 35.7. The fourth-order valence-corrected chi connectivity index (χ4v) is 2.62. The molecule has 0 bridgehead atoms. The van der Waals surface area contributed by atoms with Gasteiger partial charge in [0.05, 0.1) is 11.5 Å². The Morgan fingerprint density at radius 2 is 2.00 bits per heavy atom. The van der Waals surface area contributed by atoms with Crippen molar-refractivity contribution >= 4 is 50.5 Å². The molecule has 2 atom stereocenters. The van der Waals surface area contributed by atoms with Crippen LogP contribution >= 0.6 is 27.0 Å². The number of carboxylic acids is 1. The zero-order valence-corrected chi connectivity index (χ0v) is 15.2. The maximum Gasteiger partial charge on any atom is 0.394 e. The first kappa shape index (κ1) is 22.8. The van der Waals surface area contributed by atoms with E-state index in [-0.39, 0.29) is 44.8 Å². The first-order chi connectivity index (χ1) is 10.8. The molecule has 2 rings (SSSR count). The number of hydrogen-bond acceptors (Lipinski definition) is 4. The van der Waals surface area contributed by atoms with Gasteiger partial charge in [0.2, 0.25) is 5.91 Å². The normalized spacial score (nSPS) is 18.4. The van der Waals surface area contributed by atoms with Crippen LogP contribution in [0.15, 0.2) is 18.2 Å². The third-order valence-corrected chi connectivity index (χ3v) is 3.89. The van der Waals surface area contributed by atoms with Crippen molar-refractivity contribution in [3.8, 4) is 6.07 Å². The molecule has 7 nitrogen and oxygen atoms in total. The van der Waals surface area contributed by atoms with Gasteiger partial charge in [-0.3, -0.25) is 9.59 Å². The lowest BCUT2D eigenvalue weighted by Crippen LogP contribution is -2.42. The molecule has 1 fully saturated rings. The van der Waals surface area contributed by atoms with Crippen molar-refractivity contribution in [2.75, 3.05) is 11.9 Å². The van der Waals surface area contributed by atoms with Crippen molar-refractivity contribution in [1.82, 2.24) is 4.90 Å². The van der Waals surface area contributed by atoms with Gasteiger partial charge >= 0.3 is 11.9 Å². The molecule has 1 aliphatic rings. The number of aliphatic carboxylic acids is 1. The first-order valence-electron chi connectivity index (χ1n) is 6.89. The first-order valence-corrected chi connectivity index (χ1v) is 6.89. The number of nitrogens with zero attached hydrogens (tertiary/aromatic N) is 2. The molecule has 1 aliphatic heterocycles. The summed E-state index contributed by atoms with van der Waals surface area (Å²) < 4.78 is 13.3. The highest BCUT2D eigenvalue weighted by Gasteiger charge is 2.40. The van der Waals surface area contributed by atoms with Crippen LogP contribution in [0, 0.1) is 23.1 Å². The minimum Gasteiger partial charge on any atom is -0.474 e. The summed E-state index contributed by atoms with van der Waals surface area (Å²) in [5.41, 5.74) is 0.0770. The standard InChI is InChI=1S/C15H14FN3O4.2H2S/c1-8-11(4-5-19(8)14(21)15(22)23)13(20)18-10-2-3-12(16)9(6-10)7-17;;/h2-3,6,8,11H,4-5H2,1H3,(H,18,20)(H,22,23);2*1H2/t8-,11-;;/m0../s1. The van der Waals surface area contributed by atoms with Crippen molar-refractivity contribution < 1.29 is 23.9 Å². The molecule has 1 aromatic carbocycles. The molecule has 10 heteroatoms. The predicted molar refractivity (Wildman–Crippen MR) is 97.4 cm³/mol. The molecular formula is C15H18FN3O4S2. The second-order valence-electron chi connectivity index (χ2n) is 5.24. The van der Waals surface area contributed by atoms with Crippen LogP contribution in [0.25, 0.3) is 0 Å². The van der Waals surface area contributed by atoms with Gasteiger partial charge < -0.3 is 15.3 Å². The van der Waals surface area contributed by atoms with E-state index in [4.69, 9.17) is 10.4 Å². The molecule has 1 aromatic rings. The molecule has 0 aromatic heterocycles. The maximum absolute atomic E-state index is 13.3. The largest absolute Gasteiger partial charge is 0.474 e. The lowest BCUT2D eigenvalue weighted by molar-refractivity contribution is -0.156. The van der Waals surface area contributed by atoms with Crippen molar-refractivity contribution in [3.05, 3.63) is 29.6 Å². The topological polar surface area (TPSA) is 111 Å². The molecule has 0 aliphatic carbocycles. The maximum atomic E-state index is 13.3. The fourth-order valence-electron chi connectivity index (χ4n) is 2.62.